The van der Waals surface area contributed by atoms with Crippen LogP contribution in [0.25, 0.3) is 10.2 Å². The molecule has 0 N–H and O–H groups in total. The van der Waals surface area contributed by atoms with Gasteiger partial charge in [0.15, 0.2) is 4.34 Å². The average Bonchev–Trinajstić information content (AvgIpc) is 2.71. The summed E-state index contributed by atoms with van der Waals surface area (Å²) in [5.41, 5.74) is 2.58. The highest BCUT2D eigenvalue weighted by Crippen LogP contribution is 2.36. The third kappa shape index (κ3) is 3.50. The quantitative estimate of drug-likeness (QED) is 0.728. The second-order valence-electron chi connectivity index (χ2n) is 5.77. The molecule has 0 fully saturated rings. The predicted octanol–water partition coefficient (Wildman–Crippen LogP) is 5.12. The molecule has 0 spiro atoms. The summed E-state index contributed by atoms with van der Waals surface area (Å²) < 4.78 is 4.86. The smallest absolute Gasteiger partial charge is 0.166 e. The maximum absolute atomic E-state index is 4.79. The molecule has 2 aromatic rings. The molecule has 0 saturated heterocycles. The molecule has 4 heteroatoms. The summed E-state index contributed by atoms with van der Waals surface area (Å²) >= 11 is 3.59. The van der Waals surface area contributed by atoms with Gasteiger partial charge in [-0.1, -0.05) is 19.1 Å². The molecule has 0 aliphatic heterocycles. The molecule has 0 aliphatic carbocycles. The Bertz CT molecular complexity index is 555. The van der Waals surface area contributed by atoms with Crippen molar-refractivity contribution in [2.45, 2.75) is 50.9 Å². The van der Waals surface area contributed by atoms with Gasteiger partial charge in [0.05, 0.1) is 10.2 Å². The Morgan fingerprint density at radius 3 is 2.63 bits per heavy atom. The molecular formula is C15H22N2S2. The minimum atomic E-state index is 0.160. The van der Waals surface area contributed by atoms with Crippen LogP contribution in [0.4, 0.5) is 0 Å². The van der Waals surface area contributed by atoms with Gasteiger partial charge in [-0.2, -0.15) is 0 Å². The standard InChI is InChI=1S/C15H22N2S2/c1-6-10-17(15(3,4)5)19-14-16-13-11(2)8-7-9-12(13)18-14/h7-9H,6,10H2,1-5H3. The van der Waals surface area contributed by atoms with Crippen molar-refractivity contribution in [3.05, 3.63) is 23.8 Å². The van der Waals surface area contributed by atoms with E-state index in [2.05, 4.69) is 57.1 Å². The summed E-state index contributed by atoms with van der Waals surface area (Å²) in [5, 5.41) is 0. The third-order valence-electron chi connectivity index (χ3n) is 2.96. The van der Waals surface area contributed by atoms with Crippen LogP contribution in [-0.2, 0) is 0 Å². The number of para-hydroxylation sites is 1. The lowest BCUT2D eigenvalue weighted by Gasteiger charge is -2.33. The lowest BCUT2D eigenvalue weighted by molar-refractivity contribution is 0.274. The first-order valence-corrected chi connectivity index (χ1v) is 8.32. The molecule has 1 aromatic heterocycles. The highest BCUT2D eigenvalue weighted by Gasteiger charge is 2.23. The van der Waals surface area contributed by atoms with E-state index in [1.807, 2.05) is 0 Å². The van der Waals surface area contributed by atoms with Gasteiger partial charge < -0.3 is 0 Å². The molecule has 1 aromatic carbocycles. The number of aryl methyl sites for hydroxylation is 1. The zero-order valence-corrected chi connectivity index (χ0v) is 14.0. The third-order valence-corrected chi connectivity index (χ3v) is 5.45. The average molecular weight is 294 g/mol. The predicted molar refractivity (Wildman–Crippen MR) is 87.0 cm³/mol. The summed E-state index contributed by atoms with van der Waals surface area (Å²) in [7, 11) is 0. The van der Waals surface area contributed by atoms with Crippen molar-refractivity contribution in [2.24, 2.45) is 0 Å². The van der Waals surface area contributed by atoms with E-state index in [4.69, 9.17) is 4.98 Å². The van der Waals surface area contributed by atoms with Crippen molar-refractivity contribution in [2.75, 3.05) is 6.54 Å². The number of benzene rings is 1. The first-order chi connectivity index (χ1) is 8.91. The number of aromatic nitrogens is 1. The fourth-order valence-corrected chi connectivity index (χ4v) is 4.25. The molecule has 0 radical (unpaired) electrons. The maximum Gasteiger partial charge on any atom is 0.166 e. The van der Waals surface area contributed by atoms with Crippen molar-refractivity contribution >= 4 is 33.5 Å². The molecule has 0 amide bonds. The minimum absolute atomic E-state index is 0.160. The van der Waals surface area contributed by atoms with Crippen LogP contribution in [0.15, 0.2) is 22.5 Å². The van der Waals surface area contributed by atoms with Gasteiger partial charge in [0.1, 0.15) is 0 Å². The van der Waals surface area contributed by atoms with Crippen LogP contribution in [-0.4, -0.2) is 21.4 Å². The molecule has 0 aliphatic rings. The molecule has 2 rings (SSSR count). The lowest BCUT2D eigenvalue weighted by Crippen LogP contribution is -2.36. The lowest BCUT2D eigenvalue weighted by atomic mass is 10.1. The van der Waals surface area contributed by atoms with Crippen molar-refractivity contribution in [1.29, 1.82) is 0 Å². The summed E-state index contributed by atoms with van der Waals surface area (Å²) in [5.74, 6) is 0. The Hall–Kier alpha value is -0.580. The molecule has 0 unspecified atom stereocenters. The Labute approximate surface area is 124 Å². The Morgan fingerprint density at radius 1 is 1.32 bits per heavy atom. The molecule has 0 bridgehead atoms. The molecule has 1 heterocycles. The van der Waals surface area contributed by atoms with Crippen molar-refractivity contribution in [1.82, 2.24) is 9.29 Å². The minimum Gasteiger partial charge on any atom is -0.239 e. The van der Waals surface area contributed by atoms with Crippen LogP contribution < -0.4 is 0 Å². The number of rotatable bonds is 4. The van der Waals surface area contributed by atoms with Gasteiger partial charge in [-0.15, -0.1) is 11.3 Å². The van der Waals surface area contributed by atoms with Crippen LogP contribution in [0.5, 0.6) is 0 Å². The normalized spacial score (nSPS) is 12.5. The second kappa shape index (κ2) is 5.81. The van der Waals surface area contributed by atoms with Crippen molar-refractivity contribution < 1.29 is 0 Å². The summed E-state index contributed by atoms with van der Waals surface area (Å²) in [6, 6.07) is 6.40. The number of hydrogen-bond acceptors (Lipinski definition) is 4. The Morgan fingerprint density at radius 2 is 2.05 bits per heavy atom. The summed E-state index contributed by atoms with van der Waals surface area (Å²) in [6.07, 6.45) is 1.16. The molecule has 2 nitrogen and oxygen atoms in total. The number of nitrogens with zero attached hydrogens (tertiary/aromatic N) is 2. The van der Waals surface area contributed by atoms with E-state index >= 15 is 0 Å². The van der Waals surface area contributed by atoms with Crippen LogP contribution in [0, 0.1) is 6.92 Å². The molecule has 19 heavy (non-hydrogen) atoms. The first kappa shape index (κ1) is 14.8. The SMILES string of the molecule is CCCN(Sc1nc2c(C)cccc2s1)C(C)(C)C. The zero-order valence-electron chi connectivity index (χ0n) is 12.4. The molecular weight excluding hydrogens is 272 g/mol. The van der Waals surface area contributed by atoms with Gasteiger partial charge in [-0.05, 0) is 57.7 Å². The van der Waals surface area contributed by atoms with Gasteiger partial charge in [0.25, 0.3) is 0 Å². The van der Waals surface area contributed by atoms with E-state index in [1.165, 1.54) is 10.3 Å². The van der Waals surface area contributed by atoms with E-state index in [-0.39, 0.29) is 5.54 Å². The fraction of sp³-hybridized carbons (Fsp3) is 0.533. The maximum atomic E-state index is 4.79. The van der Waals surface area contributed by atoms with Gasteiger partial charge >= 0.3 is 0 Å². The number of hydrogen-bond donors (Lipinski definition) is 0. The highest BCUT2D eigenvalue weighted by atomic mass is 32.2. The molecule has 0 atom stereocenters. The van der Waals surface area contributed by atoms with E-state index in [0.717, 1.165) is 22.8 Å². The Balaban J connectivity index is 2.27. The van der Waals surface area contributed by atoms with E-state index in [9.17, 15) is 0 Å². The fourth-order valence-electron chi connectivity index (χ4n) is 1.92. The topological polar surface area (TPSA) is 16.1 Å². The van der Waals surface area contributed by atoms with Crippen LogP contribution in [0.2, 0.25) is 0 Å². The van der Waals surface area contributed by atoms with Crippen LogP contribution in [0.1, 0.15) is 39.7 Å². The van der Waals surface area contributed by atoms with Gasteiger partial charge in [-0.3, -0.25) is 0 Å². The highest BCUT2D eigenvalue weighted by molar-refractivity contribution is 7.99. The van der Waals surface area contributed by atoms with E-state index in [0.29, 0.717) is 0 Å². The summed E-state index contributed by atoms with van der Waals surface area (Å²) in [6.45, 7) is 12.2. The number of thiazole rings is 1. The zero-order chi connectivity index (χ0) is 14.0. The van der Waals surface area contributed by atoms with Crippen LogP contribution >= 0.6 is 23.3 Å². The first-order valence-electron chi connectivity index (χ1n) is 6.73. The van der Waals surface area contributed by atoms with E-state index < -0.39 is 0 Å². The van der Waals surface area contributed by atoms with Gasteiger partial charge in [0.2, 0.25) is 0 Å². The van der Waals surface area contributed by atoms with Gasteiger partial charge in [0, 0.05) is 12.1 Å². The van der Waals surface area contributed by atoms with E-state index in [1.54, 1.807) is 23.3 Å². The molecule has 104 valence electrons. The van der Waals surface area contributed by atoms with Crippen molar-refractivity contribution in [3.8, 4) is 0 Å². The Kier molecular flexibility index (Phi) is 4.54. The van der Waals surface area contributed by atoms with Crippen LogP contribution in [0.3, 0.4) is 0 Å². The molecule has 0 saturated carbocycles. The second-order valence-corrected chi connectivity index (χ2v) is 8.06. The van der Waals surface area contributed by atoms with Gasteiger partial charge in [-0.25, -0.2) is 9.29 Å². The largest absolute Gasteiger partial charge is 0.239 e. The summed E-state index contributed by atoms with van der Waals surface area (Å²) in [4.78, 5) is 4.79. The number of fused-ring (bicyclic) bond motifs is 1. The monoisotopic (exact) mass is 294 g/mol. The van der Waals surface area contributed by atoms with Crippen molar-refractivity contribution in [3.63, 3.8) is 0 Å².